The van der Waals surface area contributed by atoms with Gasteiger partial charge in [-0.2, -0.15) is 0 Å². The molecular weight excluding hydrogens is 456 g/mol. The molecule has 8 heteroatoms. The van der Waals surface area contributed by atoms with E-state index in [1.165, 1.54) is 11.3 Å². The number of fused-ring (bicyclic) bond motifs is 1. The molecule has 2 aromatic carbocycles. The number of carbonyl (C=O) groups is 1. The molecule has 4 rings (SSSR count). The van der Waals surface area contributed by atoms with Gasteiger partial charge in [0.1, 0.15) is 27.5 Å². The van der Waals surface area contributed by atoms with Crippen LogP contribution in [0, 0.1) is 0 Å². The number of halogens is 1. The highest BCUT2D eigenvalue weighted by molar-refractivity contribution is 9.10. The van der Waals surface area contributed by atoms with Crippen molar-refractivity contribution in [2.75, 3.05) is 19.1 Å². The van der Waals surface area contributed by atoms with Crippen LogP contribution in [0.2, 0.25) is 0 Å². The zero-order chi connectivity index (χ0) is 20.4. The van der Waals surface area contributed by atoms with Gasteiger partial charge in [-0.15, -0.1) is 0 Å². The van der Waals surface area contributed by atoms with Gasteiger partial charge in [0.15, 0.2) is 5.13 Å². The van der Waals surface area contributed by atoms with Crippen LogP contribution < -0.4 is 14.4 Å². The molecular formula is C21H17BrN2O4S. The van der Waals surface area contributed by atoms with E-state index in [2.05, 4.69) is 15.9 Å². The lowest BCUT2D eigenvalue weighted by molar-refractivity contribution is 0.0983. The first kappa shape index (κ1) is 19.5. The Labute approximate surface area is 179 Å². The van der Waals surface area contributed by atoms with Crippen LogP contribution in [0.5, 0.6) is 11.5 Å². The van der Waals surface area contributed by atoms with E-state index in [4.69, 9.17) is 18.9 Å². The number of nitrogens with zero attached hydrogens (tertiary/aromatic N) is 2. The Balaban J connectivity index is 1.83. The second kappa shape index (κ2) is 8.26. The van der Waals surface area contributed by atoms with E-state index < -0.39 is 0 Å². The van der Waals surface area contributed by atoms with Crippen LogP contribution in [-0.4, -0.2) is 25.1 Å². The summed E-state index contributed by atoms with van der Waals surface area (Å²) in [5, 5.41) is 0.532. The van der Waals surface area contributed by atoms with Gasteiger partial charge < -0.3 is 13.9 Å². The van der Waals surface area contributed by atoms with Crippen molar-refractivity contribution in [3.8, 4) is 11.5 Å². The number of ether oxygens (including phenoxy) is 2. The lowest BCUT2D eigenvalue weighted by Crippen LogP contribution is -2.30. The number of hydrogen-bond acceptors (Lipinski definition) is 6. The van der Waals surface area contributed by atoms with Gasteiger partial charge in [0, 0.05) is 10.0 Å². The second-order valence-corrected chi connectivity index (χ2v) is 8.02. The van der Waals surface area contributed by atoms with Crippen LogP contribution in [0.3, 0.4) is 0 Å². The largest absolute Gasteiger partial charge is 0.495 e. The van der Waals surface area contributed by atoms with Crippen LogP contribution in [-0.2, 0) is 6.54 Å². The summed E-state index contributed by atoms with van der Waals surface area (Å²) in [6.45, 7) is 0.253. The number of carbonyl (C=O) groups excluding carboxylic acids is 1. The summed E-state index contributed by atoms with van der Waals surface area (Å²) >= 11 is 4.80. The molecule has 0 unspecified atom stereocenters. The molecule has 1 amide bonds. The number of thiazole rings is 1. The molecule has 0 radical (unpaired) electrons. The quantitative estimate of drug-likeness (QED) is 0.369. The SMILES string of the molecule is COc1ccc(OC)c2sc(N(Cc3ccco3)C(=O)c3cccc(Br)c3)nc12. The van der Waals surface area contributed by atoms with Crippen molar-refractivity contribution >= 4 is 48.5 Å². The fourth-order valence-electron chi connectivity index (χ4n) is 2.95. The number of hydrogen-bond donors (Lipinski definition) is 0. The van der Waals surface area contributed by atoms with Crippen molar-refractivity contribution < 1.29 is 18.7 Å². The van der Waals surface area contributed by atoms with Gasteiger partial charge >= 0.3 is 0 Å². The molecule has 0 fully saturated rings. The fourth-order valence-corrected chi connectivity index (χ4v) is 4.42. The number of aromatic nitrogens is 1. The first-order valence-electron chi connectivity index (χ1n) is 8.72. The molecule has 4 aromatic rings. The molecule has 29 heavy (non-hydrogen) atoms. The maximum Gasteiger partial charge on any atom is 0.260 e. The first-order chi connectivity index (χ1) is 14.1. The molecule has 0 spiro atoms. The summed E-state index contributed by atoms with van der Waals surface area (Å²) in [5.74, 6) is 1.78. The number of anilines is 1. The molecule has 2 heterocycles. The minimum Gasteiger partial charge on any atom is -0.495 e. The fraction of sp³-hybridized carbons (Fsp3) is 0.143. The van der Waals surface area contributed by atoms with Gasteiger partial charge in [-0.1, -0.05) is 33.3 Å². The van der Waals surface area contributed by atoms with Crippen molar-refractivity contribution in [1.82, 2.24) is 4.98 Å². The van der Waals surface area contributed by atoms with Gasteiger partial charge in [-0.25, -0.2) is 4.98 Å². The van der Waals surface area contributed by atoms with Crippen LogP contribution in [0.15, 0.2) is 63.7 Å². The molecule has 0 saturated carbocycles. The Morgan fingerprint density at radius 1 is 1.14 bits per heavy atom. The number of amides is 1. The van der Waals surface area contributed by atoms with Crippen LogP contribution >= 0.6 is 27.3 Å². The molecule has 0 aliphatic rings. The van der Waals surface area contributed by atoms with Crippen molar-refractivity contribution in [3.05, 3.63) is 70.6 Å². The maximum absolute atomic E-state index is 13.4. The molecule has 148 valence electrons. The molecule has 0 saturated heterocycles. The zero-order valence-corrected chi connectivity index (χ0v) is 18.1. The van der Waals surface area contributed by atoms with Crippen LogP contribution in [0.4, 0.5) is 5.13 Å². The smallest absolute Gasteiger partial charge is 0.260 e. The number of furan rings is 1. The normalized spacial score (nSPS) is 10.9. The van der Waals surface area contributed by atoms with Gasteiger partial charge in [0.2, 0.25) is 0 Å². The standard InChI is InChI=1S/C21H17BrN2O4S/c1-26-16-8-9-17(27-2)19-18(16)23-21(29-19)24(12-15-7-4-10-28-15)20(25)13-5-3-6-14(22)11-13/h3-11H,12H2,1-2H3. The number of rotatable bonds is 6. The summed E-state index contributed by atoms with van der Waals surface area (Å²) < 4.78 is 18.0. The van der Waals surface area contributed by atoms with E-state index in [0.29, 0.717) is 33.5 Å². The lowest BCUT2D eigenvalue weighted by atomic mass is 10.2. The average Bonchev–Trinajstić information content (AvgIpc) is 3.40. The van der Waals surface area contributed by atoms with Crippen LogP contribution in [0.1, 0.15) is 16.1 Å². The highest BCUT2D eigenvalue weighted by atomic mass is 79.9. The van der Waals surface area contributed by atoms with Gasteiger partial charge in [-0.3, -0.25) is 9.69 Å². The van der Waals surface area contributed by atoms with Gasteiger partial charge in [0.05, 0.1) is 27.0 Å². The van der Waals surface area contributed by atoms with E-state index in [0.717, 1.165) is 9.17 Å². The molecule has 0 N–H and O–H groups in total. The van der Waals surface area contributed by atoms with Gasteiger partial charge in [0.25, 0.3) is 5.91 Å². The summed E-state index contributed by atoms with van der Waals surface area (Å²) in [7, 11) is 3.20. The average molecular weight is 473 g/mol. The number of methoxy groups -OCH3 is 2. The Kier molecular flexibility index (Phi) is 5.55. The summed E-state index contributed by atoms with van der Waals surface area (Å²) in [4.78, 5) is 19.7. The minimum atomic E-state index is -0.181. The predicted molar refractivity (Wildman–Crippen MR) is 116 cm³/mol. The number of benzene rings is 2. The molecule has 0 aliphatic carbocycles. The van der Waals surface area contributed by atoms with Crippen LogP contribution in [0.25, 0.3) is 10.2 Å². The first-order valence-corrected chi connectivity index (χ1v) is 10.3. The van der Waals surface area contributed by atoms with E-state index >= 15 is 0 Å². The molecule has 0 aliphatic heterocycles. The maximum atomic E-state index is 13.4. The van der Waals surface area contributed by atoms with Crippen molar-refractivity contribution in [2.45, 2.75) is 6.54 Å². The minimum absolute atomic E-state index is 0.181. The Hall–Kier alpha value is -2.84. The molecule has 2 aromatic heterocycles. The molecule has 6 nitrogen and oxygen atoms in total. The summed E-state index contributed by atoms with van der Waals surface area (Å²) in [6.07, 6.45) is 1.58. The predicted octanol–water partition coefficient (Wildman–Crippen LogP) is 5.52. The van der Waals surface area contributed by atoms with Gasteiger partial charge in [-0.05, 0) is 42.5 Å². The highest BCUT2D eigenvalue weighted by Crippen LogP contribution is 2.40. The molecule has 0 atom stereocenters. The highest BCUT2D eigenvalue weighted by Gasteiger charge is 2.25. The topological polar surface area (TPSA) is 64.8 Å². The summed E-state index contributed by atoms with van der Waals surface area (Å²) in [5.41, 5.74) is 1.20. The third kappa shape index (κ3) is 3.86. The van der Waals surface area contributed by atoms with E-state index in [-0.39, 0.29) is 12.5 Å². The van der Waals surface area contributed by atoms with E-state index in [9.17, 15) is 4.79 Å². The second-order valence-electron chi connectivity index (χ2n) is 6.13. The summed E-state index contributed by atoms with van der Waals surface area (Å²) in [6, 6.07) is 14.5. The third-order valence-electron chi connectivity index (χ3n) is 4.34. The Morgan fingerprint density at radius 3 is 2.62 bits per heavy atom. The zero-order valence-electron chi connectivity index (χ0n) is 15.7. The Bertz CT molecular complexity index is 1120. The van der Waals surface area contributed by atoms with Crippen molar-refractivity contribution in [3.63, 3.8) is 0 Å². The van der Waals surface area contributed by atoms with E-state index in [1.807, 2.05) is 24.3 Å². The van der Waals surface area contributed by atoms with Crippen molar-refractivity contribution in [1.29, 1.82) is 0 Å². The third-order valence-corrected chi connectivity index (χ3v) is 5.93. The lowest BCUT2D eigenvalue weighted by Gasteiger charge is -2.19. The van der Waals surface area contributed by atoms with E-state index in [1.54, 1.807) is 49.6 Å². The monoisotopic (exact) mass is 472 g/mol. The molecule has 0 bridgehead atoms. The van der Waals surface area contributed by atoms with Crippen molar-refractivity contribution in [2.24, 2.45) is 0 Å². The Morgan fingerprint density at radius 2 is 1.93 bits per heavy atom.